The predicted octanol–water partition coefficient (Wildman–Crippen LogP) is 3.93. The fourth-order valence-corrected chi connectivity index (χ4v) is 4.14. The monoisotopic (exact) mass is 289 g/mol. The molecule has 0 radical (unpaired) electrons. The van der Waals surface area contributed by atoms with Crippen molar-refractivity contribution in [2.75, 3.05) is 14.2 Å². The molecule has 1 aromatic carbocycles. The van der Waals surface area contributed by atoms with Crippen LogP contribution in [0.15, 0.2) is 18.2 Å². The Morgan fingerprint density at radius 3 is 2.86 bits per heavy atom. The van der Waals surface area contributed by atoms with E-state index in [1.807, 2.05) is 13.1 Å². The normalized spacial score (nSPS) is 35.1. The molecule has 1 fully saturated rings. The van der Waals surface area contributed by atoms with E-state index in [9.17, 15) is 0 Å². The number of hydrogen-bond acceptors (Lipinski definition) is 3. The van der Waals surface area contributed by atoms with Crippen LogP contribution in [0.3, 0.4) is 0 Å². The Bertz CT molecular complexity index is 516. The summed E-state index contributed by atoms with van der Waals surface area (Å²) in [7, 11) is 3.76. The van der Waals surface area contributed by atoms with Crippen molar-refractivity contribution in [3.05, 3.63) is 23.8 Å². The highest BCUT2D eigenvalue weighted by Gasteiger charge is 2.48. The quantitative estimate of drug-likeness (QED) is 0.894. The lowest BCUT2D eigenvalue weighted by Gasteiger charge is -2.50. The average molecular weight is 289 g/mol. The number of hydrogen-bond donors (Lipinski definition) is 1. The molecule has 0 bridgehead atoms. The maximum absolute atomic E-state index is 6.58. The first-order valence-electron chi connectivity index (χ1n) is 8.14. The van der Waals surface area contributed by atoms with Gasteiger partial charge in [-0.05, 0) is 49.9 Å². The molecule has 3 heteroatoms. The number of methoxy groups -OCH3 is 1. The van der Waals surface area contributed by atoms with Crippen LogP contribution in [0, 0.1) is 11.8 Å². The molecule has 1 aliphatic carbocycles. The first-order valence-corrected chi connectivity index (χ1v) is 8.14. The second-order valence-corrected chi connectivity index (χ2v) is 6.77. The summed E-state index contributed by atoms with van der Waals surface area (Å²) in [5.74, 6) is 3.26. The zero-order valence-electron chi connectivity index (χ0n) is 13.6. The summed E-state index contributed by atoms with van der Waals surface area (Å²) in [5, 5.41) is 3.48. The molecule has 0 saturated heterocycles. The van der Waals surface area contributed by atoms with Crippen LogP contribution in [0.1, 0.15) is 51.1 Å². The highest BCUT2D eigenvalue weighted by Crippen LogP contribution is 2.50. The first-order chi connectivity index (χ1) is 10.1. The molecule has 1 aliphatic heterocycles. The summed E-state index contributed by atoms with van der Waals surface area (Å²) >= 11 is 0. The van der Waals surface area contributed by atoms with E-state index < -0.39 is 0 Å². The molecule has 1 aromatic rings. The van der Waals surface area contributed by atoms with E-state index in [-0.39, 0.29) is 5.60 Å². The minimum absolute atomic E-state index is 0.00701. The van der Waals surface area contributed by atoms with Gasteiger partial charge in [-0.2, -0.15) is 0 Å². The van der Waals surface area contributed by atoms with E-state index in [4.69, 9.17) is 9.47 Å². The zero-order chi connectivity index (χ0) is 15.0. The van der Waals surface area contributed by atoms with Crippen molar-refractivity contribution in [1.82, 2.24) is 5.32 Å². The maximum Gasteiger partial charge on any atom is 0.125 e. The third-order valence-electron chi connectivity index (χ3n) is 5.75. The number of rotatable bonds is 2. The number of ether oxygens (including phenoxy) is 2. The van der Waals surface area contributed by atoms with Gasteiger partial charge in [-0.25, -0.2) is 0 Å². The Balaban J connectivity index is 1.98. The number of nitrogens with one attached hydrogen (secondary N) is 1. The van der Waals surface area contributed by atoms with Gasteiger partial charge in [0.25, 0.3) is 0 Å². The van der Waals surface area contributed by atoms with Crippen molar-refractivity contribution in [2.24, 2.45) is 11.8 Å². The van der Waals surface area contributed by atoms with Gasteiger partial charge >= 0.3 is 0 Å². The highest BCUT2D eigenvalue weighted by molar-refractivity contribution is 5.44. The van der Waals surface area contributed by atoms with E-state index in [1.165, 1.54) is 24.8 Å². The van der Waals surface area contributed by atoms with Gasteiger partial charge < -0.3 is 14.8 Å². The van der Waals surface area contributed by atoms with Gasteiger partial charge in [0.1, 0.15) is 17.1 Å². The Hall–Kier alpha value is -1.22. The van der Waals surface area contributed by atoms with E-state index >= 15 is 0 Å². The van der Waals surface area contributed by atoms with Crippen LogP contribution in [0.2, 0.25) is 0 Å². The lowest BCUT2D eigenvalue weighted by atomic mass is 9.66. The highest BCUT2D eigenvalue weighted by atomic mass is 16.5. The summed E-state index contributed by atoms with van der Waals surface area (Å²) in [6.45, 7) is 4.73. The molecule has 4 unspecified atom stereocenters. The number of fused-ring (bicyclic) bond motifs is 1. The fourth-order valence-electron chi connectivity index (χ4n) is 4.14. The van der Waals surface area contributed by atoms with Gasteiger partial charge in [0.15, 0.2) is 0 Å². The smallest absolute Gasteiger partial charge is 0.125 e. The lowest BCUT2D eigenvalue weighted by molar-refractivity contribution is -0.0640. The Morgan fingerprint density at radius 1 is 1.33 bits per heavy atom. The molecule has 116 valence electrons. The number of benzene rings is 1. The third kappa shape index (κ3) is 2.42. The van der Waals surface area contributed by atoms with E-state index in [1.54, 1.807) is 7.11 Å². The summed E-state index contributed by atoms with van der Waals surface area (Å²) < 4.78 is 11.9. The predicted molar refractivity (Wildman–Crippen MR) is 84.9 cm³/mol. The summed E-state index contributed by atoms with van der Waals surface area (Å²) in [5.41, 5.74) is 1.22. The third-order valence-corrected chi connectivity index (χ3v) is 5.75. The fraction of sp³-hybridized carbons (Fsp3) is 0.667. The van der Waals surface area contributed by atoms with Crippen LogP contribution < -0.4 is 14.8 Å². The lowest BCUT2D eigenvalue weighted by Crippen LogP contribution is -2.52. The zero-order valence-corrected chi connectivity index (χ0v) is 13.6. The molecule has 1 spiro atoms. The van der Waals surface area contributed by atoms with Crippen molar-refractivity contribution < 1.29 is 9.47 Å². The standard InChI is InChI=1S/C18H27NO2/c1-12-6-5-9-18(13(12)2)11-16(19-3)15-10-14(20-4)7-8-17(15)21-18/h7-8,10,12-13,16,19H,5-6,9,11H2,1-4H3. The van der Waals surface area contributed by atoms with E-state index in [0.29, 0.717) is 12.0 Å². The topological polar surface area (TPSA) is 30.5 Å². The van der Waals surface area contributed by atoms with Crippen LogP contribution in [0.4, 0.5) is 0 Å². The molecular weight excluding hydrogens is 262 g/mol. The van der Waals surface area contributed by atoms with Crippen molar-refractivity contribution in [1.29, 1.82) is 0 Å². The van der Waals surface area contributed by atoms with Gasteiger partial charge in [0, 0.05) is 18.0 Å². The molecule has 4 atom stereocenters. The molecule has 1 saturated carbocycles. The van der Waals surface area contributed by atoms with Crippen molar-refractivity contribution in [3.63, 3.8) is 0 Å². The molecule has 0 aromatic heterocycles. The van der Waals surface area contributed by atoms with Crippen LogP contribution >= 0.6 is 0 Å². The molecule has 1 N–H and O–H groups in total. The minimum Gasteiger partial charge on any atom is -0.497 e. The molecular formula is C18H27NO2. The molecule has 0 amide bonds. The van der Waals surface area contributed by atoms with Crippen LogP contribution in [0.5, 0.6) is 11.5 Å². The minimum atomic E-state index is -0.00701. The largest absolute Gasteiger partial charge is 0.497 e. The summed E-state index contributed by atoms with van der Waals surface area (Å²) in [6, 6.07) is 6.53. The van der Waals surface area contributed by atoms with Crippen LogP contribution in [0.25, 0.3) is 0 Å². The molecule has 2 aliphatic rings. The second kappa shape index (κ2) is 5.53. The summed E-state index contributed by atoms with van der Waals surface area (Å²) in [6.07, 6.45) is 4.82. The average Bonchev–Trinajstić information content (AvgIpc) is 2.51. The Morgan fingerprint density at radius 2 is 2.14 bits per heavy atom. The second-order valence-electron chi connectivity index (χ2n) is 6.77. The van der Waals surface area contributed by atoms with Crippen molar-refractivity contribution in [3.8, 4) is 11.5 Å². The first kappa shape index (κ1) is 14.7. The molecule has 1 heterocycles. The van der Waals surface area contributed by atoms with Gasteiger partial charge in [0.2, 0.25) is 0 Å². The van der Waals surface area contributed by atoms with Crippen LogP contribution in [-0.2, 0) is 0 Å². The van der Waals surface area contributed by atoms with Gasteiger partial charge in [-0.1, -0.05) is 20.3 Å². The molecule has 3 nitrogen and oxygen atoms in total. The van der Waals surface area contributed by atoms with Crippen molar-refractivity contribution >= 4 is 0 Å². The maximum atomic E-state index is 6.58. The van der Waals surface area contributed by atoms with Gasteiger partial charge in [0.05, 0.1) is 7.11 Å². The van der Waals surface area contributed by atoms with E-state index in [2.05, 4.69) is 31.3 Å². The Kier molecular flexibility index (Phi) is 3.87. The van der Waals surface area contributed by atoms with E-state index in [0.717, 1.165) is 23.8 Å². The molecule has 21 heavy (non-hydrogen) atoms. The molecule has 3 rings (SSSR count). The van der Waals surface area contributed by atoms with Crippen LogP contribution in [-0.4, -0.2) is 19.8 Å². The van der Waals surface area contributed by atoms with Gasteiger partial charge in [-0.15, -0.1) is 0 Å². The SMILES string of the molecule is CNC1CC2(CCCC(C)C2C)Oc2ccc(OC)cc21. The van der Waals surface area contributed by atoms with Gasteiger partial charge in [-0.3, -0.25) is 0 Å². The summed E-state index contributed by atoms with van der Waals surface area (Å²) in [4.78, 5) is 0. The van der Waals surface area contributed by atoms with Crippen molar-refractivity contribution in [2.45, 2.75) is 51.2 Å². The Labute approximate surface area is 128 Å².